The second kappa shape index (κ2) is 8.04. The van der Waals surface area contributed by atoms with Gasteiger partial charge in [0.25, 0.3) is 5.88 Å². The summed E-state index contributed by atoms with van der Waals surface area (Å²) in [6, 6.07) is 0. The molecule has 2 rings (SSSR count). The number of halogens is 1. The minimum absolute atomic E-state index is 0.0615. The molecule has 9 heteroatoms. The molecular weight excluding hydrogens is 419 g/mol. The number of hydrogen-bond donors (Lipinski definition) is 2. The monoisotopic (exact) mass is 442 g/mol. The van der Waals surface area contributed by atoms with E-state index in [2.05, 4.69) is 62.3 Å². The number of rotatable bonds is 6. The quantitative estimate of drug-likeness (QED) is 0.390. The van der Waals surface area contributed by atoms with E-state index >= 15 is 0 Å². The standard InChI is InChI=1S/C13H23IN4O3S/c1-13(2,3)15-10(14)9(19)8-21-12-11(16-22-17-12)18-4-6-20-7-5-18/h9-10,15,19H,4-8H2,1-3H3/t9?,10-/m1/s1. The van der Waals surface area contributed by atoms with Crippen molar-refractivity contribution < 1.29 is 14.6 Å². The van der Waals surface area contributed by atoms with E-state index in [1.165, 1.54) is 0 Å². The Kier molecular flexibility index (Phi) is 6.62. The third-order valence-electron chi connectivity index (χ3n) is 3.05. The average molecular weight is 442 g/mol. The van der Waals surface area contributed by atoms with Gasteiger partial charge in [-0.25, -0.2) is 0 Å². The van der Waals surface area contributed by atoms with Crippen LogP contribution < -0.4 is 15.0 Å². The number of aromatic nitrogens is 2. The van der Waals surface area contributed by atoms with Crippen molar-refractivity contribution in [2.75, 3.05) is 37.8 Å². The summed E-state index contributed by atoms with van der Waals surface area (Å²) in [5.74, 6) is 1.24. The zero-order valence-electron chi connectivity index (χ0n) is 13.1. The molecule has 1 fully saturated rings. The van der Waals surface area contributed by atoms with Crippen LogP contribution in [-0.4, -0.2) is 62.5 Å². The SMILES string of the molecule is CC(C)(C)N[C@@H](I)C(O)COc1nsnc1N1CCOCC1. The van der Waals surface area contributed by atoms with Crippen LogP contribution in [0.2, 0.25) is 0 Å². The van der Waals surface area contributed by atoms with Gasteiger partial charge >= 0.3 is 0 Å². The molecule has 22 heavy (non-hydrogen) atoms. The molecule has 0 aromatic carbocycles. The molecule has 1 saturated heterocycles. The molecule has 1 aromatic heterocycles. The number of hydrogen-bond acceptors (Lipinski definition) is 8. The van der Waals surface area contributed by atoms with Gasteiger partial charge in [-0.1, -0.05) is 22.6 Å². The van der Waals surface area contributed by atoms with Gasteiger partial charge in [-0.05, 0) is 20.8 Å². The highest BCUT2D eigenvalue weighted by Crippen LogP contribution is 2.26. The number of morpholine rings is 1. The molecule has 126 valence electrons. The summed E-state index contributed by atoms with van der Waals surface area (Å²) in [6.45, 7) is 9.30. The van der Waals surface area contributed by atoms with Crippen molar-refractivity contribution in [3.8, 4) is 5.88 Å². The molecule has 1 aliphatic heterocycles. The maximum atomic E-state index is 10.2. The molecule has 0 radical (unpaired) electrons. The van der Waals surface area contributed by atoms with Crippen LogP contribution in [0.4, 0.5) is 5.82 Å². The summed E-state index contributed by atoms with van der Waals surface area (Å²) in [4.78, 5) is 2.10. The summed E-state index contributed by atoms with van der Waals surface area (Å²) in [6.07, 6.45) is -0.626. The van der Waals surface area contributed by atoms with Crippen LogP contribution in [0.15, 0.2) is 0 Å². The number of aliphatic hydroxyl groups excluding tert-OH is 1. The first-order chi connectivity index (χ1) is 10.4. The highest BCUT2D eigenvalue weighted by molar-refractivity contribution is 14.1. The minimum Gasteiger partial charge on any atom is -0.472 e. The summed E-state index contributed by atoms with van der Waals surface area (Å²) in [7, 11) is 0. The van der Waals surface area contributed by atoms with Crippen LogP contribution >= 0.6 is 34.3 Å². The first kappa shape index (κ1) is 18.1. The van der Waals surface area contributed by atoms with Crippen molar-refractivity contribution in [3.63, 3.8) is 0 Å². The molecule has 2 atom stereocenters. The fourth-order valence-corrected chi connectivity index (χ4v) is 3.66. The number of nitrogens with zero attached hydrogens (tertiary/aromatic N) is 3. The molecule has 0 bridgehead atoms. The lowest BCUT2D eigenvalue weighted by atomic mass is 10.1. The number of nitrogens with one attached hydrogen (secondary N) is 1. The second-order valence-electron chi connectivity index (χ2n) is 6.17. The van der Waals surface area contributed by atoms with Gasteiger partial charge in [0, 0.05) is 18.6 Å². The highest BCUT2D eigenvalue weighted by Gasteiger charge is 2.24. The number of ether oxygens (including phenoxy) is 2. The predicted molar refractivity (Wildman–Crippen MR) is 95.1 cm³/mol. The average Bonchev–Trinajstić information content (AvgIpc) is 2.92. The van der Waals surface area contributed by atoms with E-state index < -0.39 is 6.10 Å². The minimum atomic E-state index is -0.626. The molecule has 0 saturated carbocycles. The zero-order valence-corrected chi connectivity index (χ0v) is 16.1. The van der Waals surface area contributed by atoms with E-state index in [1.807, 2.05) is 0 Å². The van der Waals surface area contributed by atoms with Gasteiger partial charge in [-0.2, -0.15) is 4.37 Å². The Morgan fingerprint density at radius 2 is 2.09 bits per heavy atom. The smallest absolute Gasteiger partial charge is 0.270 e. The summed E-state index contributed by atoms with van der Waals surface area (Å²) < 4.78 is 19.4. The second-order valence-corrected chi connectivity index (χ2v) is 8.04. The van der Waals surface area contributed by atoms with E-state index in [4.69, 9.17) is 9.47 Å². The maximum absolute atomic E-state index is 10.2. The molecule has 1 unspecified atom stereocenters. The van der Waals surface area contributed by atoms with Crippen molar-refractivity contribution in [2.45, 2.75) is 36.5 Å². The van der Waals surface area contributed by atoms with Gasteiger partial charge in [-0.15, -0.1) is 4.37 Å². The number of alkyl halides is 1. The van der Waals surface area contributed by atoms with E-state index in [0.29, 0.717) is 19.1 Å². The Bertz CT molecular complexity index is 462. The van der Waals surface area contributed by atoms with Gasteiger partial charge in [0.05, 0.1) is 29.0 Å². The molecule has 0 spiro atoms. The van der Waals surface area contributed by atoms with E-state index in [-0.39, 0.29) is 16.2 Å². The molecule has 2 heterocycles. The Labute approximate surface area is 148 Å². The maximum Gasteiger partial charge on any atom is 0.270 e. The van der Waals surface area contributed by atoms with Crippen LogP contribution in [0.3, 0.4) is 0 Å². The van der Waals surface area contributed by atoms with Gasteiger partial charge in [0.2, 0.25) is 5.82 Å². The van der Waals surface area contributed by atoms with Gasteiger partial charge < -0.3 is 19.5 Å². The fraction of sp³-hybridized carbons (Fsp3) is 0.846. The Morgan fingerprint density at radius 3 is 2.73 bits per heavy atom. The molecule has 1 aromatic rings. The molecule has 2 N–H and O–H groups in total. The first-order valence-corrected chi connectivity index (χ1v) is 9.22. The lowest BCUT2D eigenvalue weighted by molar-refractivity contribution is 0.0923. The third-order valence-corrected chi connectivity index (χ3v) is 4.70. The summed E-state index contributed by atoms with van der Waals surface area (Å²) in [5, 5.41) is 13.5. The van der Waals surface area contributed by atoms with Crippen molar-refractivity contribution in [2.24, 2.45) is 0 Å². The normalized spacial score (nSPS) is 19.0. The molecule has 0 aliphatic carbocycles. The van der Waals surface area contributed by atoms with Crippen molar-refractivity contribution in [1.82, 2.24) is 14.1 Å². The Hall–Kier alpha value is -0.230. The first-order valence-electron chi connectivity index (χ1n) is 7.25. The van der Waals surface area contributed by atoms with Crippen molar-refractivity contribution in [1.29, 1.82) is 0 Å². The van der Waals surface area contributed by atoms with Crippen LogP contribution in [0, 0.1) is 0 Å². The largest absolute Gasteiger partial charge is 0.472 e. The molecule has 7 nitrogen and oxygen atoms in total. The lowest BCUT2D eigenvalue weighted by Gasteiger charge is -2.28. The Morgan fingerprint density at radius 1 is 1.41 bits per heavy atom. The van der Waals surface area contributed by atoms with Crippen molar-refractivity contribution >= 4 is 40.1 Å². The van der Waals surface area contributed by atoms with Crippen LogP contribution in [-0.2, 0) is 4.74 Å². The third kappa shape index (κ3) is 5.44. The fourth-order valence-electron chi connectivity index (χ4n) is 1.99. The summed E-state index contributed by atoms with van der Waals surface area (Å²) in [5.41, 5.74) is -0.0615. The molecule has 1 aliphatic rings. The highest BCUT2D eigenvalue weighted by atomic mass is 127. The van der Waals surface area contributed by atoms with E-state index in [9.17, 15) is 5.11 Å². The molecular formula is C13H23IN4O3S. The van der Waals surface area contributed by atoms with Crippen LogP contribution in [0.5, 0.6) is 5.88 Å². The number of aliphatic hydroxyl groups is 1. The molecule has 0 amide bonds. The summed E-state index contributed by atoms with van der Waals surface area (Å²) >= 11 is 3.31. The number of anilines is 1. The zero-order chi connectivity index (χ0) is 16.2. The van der Waals surface area contributed by atoms with E-state index in [1.54, 1.807) is 0 Å². The predicted octanol–water partition coefficient (Wildman–Crippen LogP) is 1.26. The van der Waals surface area contributed by atoms with Gasteiger partial charge in [0.1, 0.15) is 12.7 Å². The van der Waals surface area contributed by atoms with Gasteiger partial charge in [0.15, 0.2) is 0 Å². The van der Waals surface area contributed by atoms with Crippen LogP contribution in [0.25, 0.3) is 0 Å². The topological polar surface area (TPSA) is 79.7 Å². The van der Waals surface area contributed by atoms with Gasteiger partial charge in [-0.3, -0.25) is 5.32 Å². The van der Waals surface area contributed by atoms with E-state index in [0.717, 1.165) is 30.6 Å². The van der Waals surface area contributed by atoms with Crippen molar-refractivity contribution in [3.05, 3.63) is 0 Å². The lowest BCUT2D eigenvalue weighted by Crippen LogP contribution is -2.47. The van der Waals surface area contributed by atoms with Crippen LogP contribution in [0.1, 0.15) is 20.8 Å². The Balaban J connectivity index is 1.87.